The van der Waals surface area contributed by atoms with E-state index in [2.05, 4.69) is 16.1 Å². The summed E-state index contributed by atoms with van der Waals surface area (Å²) in [4.78, 5) is 2.30. The maximum absolute atomic E-state index is 6.12. The van der Waals surface area contributed by atoms with Gasteiger partial charge in [-0.05, 0) is 31.0 Å². The van der Waals surface area contributed by atoms with Crippen LogP contribution in [-0.4, -0.2) is 37.7 Å². The van der Waals surface area contributed by atoms with Gasteiger partial charge in [-0.15, -0.1) is 6.42 Å². The molecule has 0 aromatic heterocycles. The molecular weight excluding hydrogens is 260 g/mol. The zero-order valence-electron chi connectivity index (χ0n) is 11.2. The van der Waals surface area contributed by atoms with Gasteiger partial charge in [0.25, 0.3) is 0 Å². The summed E-state index contributed by atoms with van der Waals surface area (Å²) in [6, 6.07) is 6.28. The Morgan fingerprint density at radius 1 is 1.47 bits per heavy atom. The van der Waals surface area contributed by atoms with E-state index in [1.807, 2.05) is 18.2 Å². The van der Waals surface area contributed by atoms with Crippen molar-refractivity contribution < 1.29 is 4.74 Å². The standard InChI is InChI=1S/C15H19ClN2O/c1-3-8-18-9-6-12(7-10-18)17-13-4-5-15(19-2)14(16)11-13/h1,4-5,11-12,17H,6-10H2,2H3. The first-order chi connectivity index (χ1) is 9.22. The van der Waals surface area contributed by atoms with Crippen LogP contribution in [0.25, 0.3) is 0 Å². The van der Waals surface area contributed by atoms with E-state index in [9.17, 15) is 0 Å². The van der Waals surface area contributed by atoms with Crippen LogP contribution < -0.4 is 10.1 Å². The molecule has 1 heterocycles. The fourth-order valence-corrected chi connectivity index (χ4v) is 2.61. The topological polar surface area (TPSA) is 24.5 Å². The van der Waals surface area contributed by atoms with E-state index in [4.69, 9.17) is 22.8 Å². The molecule has 0 aliphatic carbocycles. The fraction of sp³-hybridized carbons (Fsp3) is 0.467. The third kappa shape index (κ3) is 3.79. The van der Waals surface area contributed by atoms with Gasteiger partial charge in [-0.3, -0.25) is 4.90 Å². The SMILES string of the molecule is C#CCN1CCC(Nc2ccc(OC)c(Cl)c2)CC1. The number of terminal acetylenes is 1. The average molecular weight is 279 g/mol. The molecule has 1 aromatic rings. The summed E-state index contributed by atoms with van der Waals surface area (Å²) in [5.41, 5.74) is 1.04. The number of hydrogen-bond acceptors (Lipinski definition) is 3. The number of halogens is 1. The number of nitrogens with zero attached hydrogens (tertiary/aromatic N) is 1. The van der Waals surface area contributed by atoms with Gasteiger partial charge in [0.1, 0.15) is 5.75 Å². The van der Waals surface area contributed by atoms with E-state index < -0.39 is 0 Å². The zero-order chi connectivity index (χ0) is 13.7. The molecule has 1 N–H and O–H groups in total. The lowest BCUT2D eigenvalue weighted by Crippen LogP contribution is -2.39. The number of anilines is 1. The number of benzene rings is 1. The molecule has 1 aromatic carbocycles. The largest absolute Gasteiger partial charge is 0.495 e. The number of nitrogens with one attached hydrogen (secondary N) is 1. The van der Waals surface area contributed by atoms with Crippen LogP contribution in [0.5, 0.6) is 5.75 Å². The Labute approximate surface area is 119 Å². The zero-order valence-corrected chi connectivity index (χ0v) is 11.9. The lowest BCUT2D eigenvalue weighted by molar-refractivity contribution is 0.243. The van der Waals surface area contributed by atoms with Crippen molar-refractivity contribution in [1.82, 2.24) is 4.90 Å². The monoisotopic (exact) mass is 278 g/mol. The Bertz CT molecular complexity index is 462. The minimum Gasteiger partial charge on any atom is -0.495 e. The van der Waals surface area contributed by atoms with E-state index in [1.54, 1.807) is 7.11 Å². The van der Waals surface area contributed by atoms with Gasteiger partial charge in [-0.2, -0.15) is 0 Å². The molecule has 0 atom stereocenters. The molecule has 19 heavy (non-hydrogen) atoms. The normalized spacial score (nSPS) is 16.9. The van der Waals surface area contributed by atoms with E-state index in [1.165, 1.54) is 0 Å². The van der Waals surface area contributed by atoms with Crippen molar-refractivity contribution in [3.63, 3.8) is 0 Å². The van der Waals surface area contributed by atoms with Crippen molar-refractivity contribution in [3.05, 3.63) is 23.2 Å². The molecule has 1 aliphatic heterocycles. The van der Waals surface area contributed by atoms with Crippen molar-refractivity contribution >= 4 is 17.3 Å². The van der Waals surface area contributed by atoms with Gasteiger partial charge in [-0.1, -0.05) is 17.5 Å². The molecule has 3 nitrogen and oxygen atoms in total. The Kier molecular flexibility index (Phi) is 4.95. The van der Waals surface area contributed by atoms with Gasteiger partial charge in [-0.25, -0.2) is 0 Å². The van der Waals surface area contributed by atoms with E-state index in [-0.39, 0.29) is 0 Å². The summed E-state index contributed by atoms with van der Waals surface area (Å²) in [6.07, 6.45) is 7.53. The Morgan fingerprint density at radius 2 is 2.21 bits per heavy atom. The lowest BCUT2D eigenvalue weighted by Gasteiger charge is -2.31. The van der Waals surface area contributed by atoms with Crippen molar-refractivity contribution in [1.29, 1.82) is 0 Å². The second-order valence-corrected chi connectivity index (χ2v) is 5.16. The lowest BCUT2D eigenvalue weighted by atomic mass is 10.0. The molecular formula is C15H19ClN2O. The van der Waals surface area contributed by atoms with Gasteiger partial charge >= 0.3 is 0 Å². The van der Waals surface area contributed by atoms with Crippen LogP contribution in [0, 0.1) is 12.3 Å². The molecule has 1 fully saturated rings. The highest BCUT2D eigenvalue weighted by Crippen LogP contribution is 2.28. The Hall–Kier alpha value is -1.37. The summed E-state index contributed by atoms with van der Waals surface area (Å²) in [5, 5.41) is 4.15. The molecule has 0 bridgehead atoms. The van der Waals surface area contributed by atoms with Crippen LogP contribution in [-0.2, 0) is 0 Å². The summed E-state index contributed by atoms with van der Waals surface area (Å²) < 4.78 is 5.15. The maximum Gasteiger partial charge on any atom is 0.137 e. The molecule has 0 spiro atoms. The summed E-state index contributed by atoms with van der Waals surface area (Å²) in [5.74, 6) is 3.40. The van der Waals surface area contributed by atoms with Gasteiger partial charge in [0.2, 0.25) is 0 Å². The second kappa shape index (κ2) is 6.70. The maximum atomic E-state index is 6.12. The van der Waals surface area contributed by atoms with Crippen molar-refractivity contribution in [2.75, 3.05) is 32.1 Å². The third-order valence-electron chi connectivity index (χ3n) is 3.43. The smallest absolute Gasteiger partial charge is 0.137 e. The van der Waals surface area contributed by atoms with Crippen LogP contribution >= 0.6 is 11.6 Å². The number of likely N-dealkylation sites (tertiary alicyclic amines) is 1. The first-order valence-electron chi connectivity index (χ1n) is 6.49. The van der Waals surface area contributed by atoms with Crippen molar-refractivity contribution in [2.24, 2.45) is 0 Å². The van der Waals surface area contributed by atoms with Crippen molar-refractivity contribution in [2.45, 2.75) is 18.9 Å². The van der Waals surface area contributed by atoms with Crippen LogP contribution in [0.2, 0.25) is 5.02 Å². The van der Waals surface area contributed by atoms with Gasteiger partial charge in [0.05, 0.1) is 18.7 Å². The number of piperidine rings is 1. The summed E-state index contributed by atoms with van der Waals surface area (Å²) in [6.45, 7) is 2.85. The van der Waals surface area contributed by atoms with Gasteiger partial charge in [0.15, 0.2) is 0 Å². The highest BCUT2D eigenvalue weighted by molar-refractivity contribution is 6.32. The number of hydrogen-bond donors (Lipinski definition) is 1. The second-order valence-electron chi connectivity index (χ2n) is 4.75. The molecule has 2 rings (SSSR count). The fourth-order valence-electron chi connectivity index (χ4n) is 2.36. The number of rotatable bonds is 4. The Morgan fingerprint density at radius 3 is 2.79 bits per heavy atom. The predicted octanol–water partition coefficient (Wildman–Crippen LogP) is 2.86. The van der Waals surface area contributed by atoms with E-state index in [0.717, 1.165) is 38.2 Å². The predicted molar refractivity (Wildman–Crippen MR) is 79.9 cm³/mol. The molecule has 0 amide bonds. The molecule has 102 valence electrons. The average Bonchev–Trinajstić information content (AvgIpc) is 2.42. The highest BCUT2D eigenvalue weighted by atomic mass is 35.5. The molecule has 1 saturated heterocycles. The first-order valence-corrected chi connectivity index (χ1v) is 6.86. The van der Waals surface area contributed by atoms with Crippen LogP contribution in [0.3, 0.4) is 0 Å². The summed E-state index contributed by atoms with van der Waals surface area (Å²) in [7, 11) is 1.62. The van der Waals surface area contributed by atoms with Gasteiger partial charge in [0, 0.05) is 24.8 Å². The van der Waals surface area contributed by atoms with Crippen molar-refractivity contribution in [3.8, 4) is 18.1 Å². The van der Waals surface area contributed by atoms with E-state index >= 15 is 0 Å². The third-order valence-corrected chi connectivity index (χ3v) is 3.72. The highest BCUT2D eigenvalue weighted by Gasteiger charge is 2.18. The van der Waals surface area contributed by atoms with Gasteiger partial charge < -0.3 is 10.1 Å². The van der Waals surface area contributed by atoms with Crippen LogP contribution in [0.1, 0.15) is 12.8 Å². The molecule has 4 heteroatoms. The summed E-state index contributed by atoms with van der Waals surface area (Å²) >= 11 is 6.12. The first kappa shape index (κ1) is 14.0. The van der Waals surface area contributed by atoms with E-state index in [0.29, 0.717) is 16.8 Å². The minimum atomic E-state index is 0.485. The quantitative estimate of drug-likeness (QED) is 0.857. The Balaban J connectivity index is 1.89. The van der Waals surface area contributed by atoms with Crippen LogP contribution in [0.4, 0.5) is 5.69 Å². The molecule has 0 saturated carbocycles. The molecule has 1 aliphatic rings. The molecule has 0 radical (unpaired) electrons. The number of ether oxygens (including phenoxy) is 1. The number of methoxy groups -OCH3 is 1. The van der Waals surface area contributed by atoms with Crippen LogP contribution in [0.15, 0.2) is 18.2 Å². The minimum absolute atomic E-state index is 0.485. The molecule has 0 unspecified atom stereocenters.